The summed E-state index contributed by atoms with van der Waals surface area (Å²) in [6, 6.07) is 15.6. The van der Waals surface area contributed by atoms with Crippen molar-refractivity contribution < 1.29 is 25.8 Å². The minimum Gasteiger partial charge on any atom is -0.376 e. The number of hydrogen-bond acceptors (Lipinski definition) is 3. The molecule has 0 spiro atoms. The highest BCUT2D eigenvalue weighted by molar-refractivity contribution is 7.88. The highest BCUT2D eigenvalue weighted by Gasteiger charge is 2.51. The van der Waals surface area contributed by atoms with E-state index in [0.717, 1.165) is 38.9 Å². The van der Waals surface area contributed by atoms with Crippen LogP contribution in [0.5, 0.6) is 5.75 Å². The molecule has 3 aliphatic rings. The van der Waals surface area contributed by atoms with E-state index in [1.54, 1.807) is 6.07 Å². The third-order valence-electron chi connectivity index (χ3n) is 8.03. The summed E-state index contributed by atoms with van der Waals surface area (Å²) in [5, 5.41) is 0. The highest BCUT2D eigenvalue weighted by Crippen LogP contribution is 2.59. The third kappa shape index (κ3) is 5.20. The number of benzene rings is 3. The zero-order valence-electron chi connectivity index (χ0n) is 25.5. The SMILES string of the molecule is CC(C)(C)c1ccc2c(c1)[C@@H]1c3ccc(C(C)(C)C)cc3[C@H]2c2c(OS(=O)(=O)C(F)(F)F)ccc(C#C[Si](C)(C)C)c21. The largest absolute Gasteiger partial charge is 0.534 e. The summed E-state index contributed by atoms with van der Waals surface area (Å²) in [4.78, 5) is 0. The smallest absolute Gasteiger partial charge is 0.376 e. The van der Waals surface area contributed by atoms with Gasteiger partial charge < -0.3 is 4.18 Å². The second-order valence-electron chi connectivity index (χ2n) is 14.5. The van der Waals surface area contributed by atoms with Gasteiger partial charge in [0.05, 0.1) is 0 Å². The Morgan fingerprint density at radius 2 is 1.19 bits per heavy atom. The maximum absolute atomic E-state index is 13.6. The first-order valence-corrected chi connectivity index (χ1v) is 19.0. The average molecular weight is 611 g/mol. The highest BCUT2D eigenvalue weighted by atomic mass is 32.2. The van der Waals surface area contributed by atoms with Gasteiger partial charge in [0.1, 0.15) is 13.8 Å². The maximum atomic E-state index is 13.6. The molecule has 0 saturated heterocycles. The lowest BCUT2D eigenvalue weighted by atomic mass is 9.59. The molecule has 0 unspecified atom stereocenters. The van der Waals surface area contributed by atoms with E-state index in [2.05, 4.69) is 103 Å². The molecule has 2 bridgehead atoms. The molecule has 42 heavy (non-hydrogen) atoms. The van der Waals surface area contributed by atoms with Gasteiger partial charge >= 0.3 is 15.6 Å². The molecule has 0 N–H and O–H groups in total. The first-order chi connectivity index (χ1) is 19.1. The van der Waals surface area contributed by atoms with Gasteiger partial charge in [-0.3, -0.25) is 0 Å². The molecule has 222 valence electrons. The topological polar surface area (TPSA) is 43.4 Å². The molecule has 0 aliphatic heterocycles. The van der Waals surface area contributed by atoms with Crippen LogP contribution < -0.4 is 4.18 Å². The van der Waals surface area contributed by atoms with Gasteiger partial charge in [0.25, 0.3) is 0 Å². The van der Waals surface area contributed by atoms with Crippen LogP contribution >= 0.6 is 0 Å². The predicted octanol–water partition coefficient (Wildman–Crippen LogP) is 8.73. The second kappa shape index (κ2) is 9.49. The average Bonchev–Trinajstić information content (AvgIpc) is 2.84. The quantitative estimate of drug-likeness (QED) is 0.0869. The van der Waals surface area contributed by atoms with Gasteiger partial charge in [-0.1, -0.05) is 104 Å². The zero-order valence-corrected chi connectivity index (χ0v) is 27.4. The molecular formula is C34H37F3O3SSi. The molecule has 0 heterocycles. The standard InChI is InChI=1S/C34H37F3O3SSi/c1-32(2,3)21-12-14-24-25(18-21)29-23-13-11-22(33(4,5)6)19-26(23)30(24)31-27(40-41(38,39)34(35,36)37)15-10-20(28(29)31)16-17-42(7,8)9/h10-15,18-19,29-30H,1-9H3/t29-,30-/m0/s1. The van der Waals surface area contributed by atoms with Crippen molar-refractivity contribution in [3.05, 3.63) is 98.6 Å². The summed E-state index contributed by atoms with van der Waals surface area (Å²) in [6.45, 7) is 19.1. The van der Waals surface area contributed by atoms with Gasteiger partial charge in [-0.2, -0.15) is 21.6 Å². The van der Waals surface area contributed by atoms with Crippen LogP contribution in [-0.2, 0) is 20.9 Å². The Morgan fingerprint density at radius 3 is 1.62 bits per heavy atom. The Morgan fingerprint density at radius 1 is 0.714 bits per heavy atom. The first-order valence-electron chi connectivity index (χ1n) is 14.1. The van der Waals surface area contributed by atoms with E-state index < -0.39 is 29.6 Å². The molecule has 0 radical (unpaired) electrons. The Balaban J connectivity index is 1.88. The fourth-order valence-electron chi connectivity index (χ4n) is 5.89. The summed E-state index contributed by atoms with van der Waals surface area (Å²) in [5.41, 5.74) is 5.69. The van der Waals surface area contributed by atoms with E-state index in [1.807, 2.05) is 6.07 Å². The lowest BCUT2D eigenvalue weighted by molar-refractivity contribution is -0.0500. The van der Waals surface area contributed by atoms with Crippen LogP contribution in [0, 0.1) is 11.5 Å². The molecule has 3 nitrogen and oxygen atoms in total. The predicted molar refractivity (Wildman–Crippen MR) is 164 cm³/mol. The lowest BCUT2D eigenvalue weighted by Crippen LogP contribution is -2.32. The molecule has 8 heteroatoms. The summed E-state index contributed by atoms with van der Waals surface area (Å²) in [7, 11) is -7.72. The van der Waals surface area contributed by atoms with Crippen LogP contribution in [-0.4, -0.2) is 22.0 Å². The minimum absolute atomic E-state index is 0.125. The van der Waals surface area contributed by atoms with Crippen LogP contribution in [0.25, 0.3) is 0 Å². The molecule has 0 aromatic heterocycles. The third-order valence-corrected chi connectivity index (χ3v) is 9.87. The van der Waals surface area contributed by atoms with Gasteiger partial charge in [0, 0.05) is 23.0 Å². The zero-order chi connectivity index (χ0) is 31.2. The Bertz CT molecular complexity index is 1770. The second-order valence-corrected chi connectivity index (χ2v) is 20.8. The Labute approximate surface area is 248 Å². The number of hydrogen-bond donors (Lipinski definition) is 0. The summed E-state index contributed by atoms with van der Waals surface area (Å²) in [6.07, 6.45) is 0. The molecule has 0 saturated carbocycles. The van der Waals surface area contributed by atoms with Crippen molar-refractivity contribution >= 4 is 18.2 Å². The molecule has 3 aromatic rings. The number of rotatable bonds is 2. The van der Waals surface area contributed by atoms with Crippen LogP contribution in [0.15, 0.2) is 48.5 Å². The van der Waals surface area contributed by atoms with E-state index in [0.29, 0.717) is 11.1 Å². The molecule has 3 aromatic carbocycles. The van der Waals surface area contributed by atoms with Crippen molar-refractivity contribution in [3.63, 3.8) is 0 Å². The Hall–Kier alpha value is -3.02. The van der Waals surface area contributed by atoms with Gasteiger partial charge in [-0.05, 0) is 61.9 Å². The van der Waals surface area contributed by atoms with Crippen molar-refractivity contribution in [1.29, 1.82) is 0 Å². The van der Waals surface area contributed by atoms with E-state index in [-0.39, 0.29) is 22.5 Å². The molecule has 2 atom stereocenters. The number of halogens is 3. The van der Waals surface area contributed by atoms with Crippen molar-refractivity contribution in [1.82, 2.24) is 0 Å². The van der Waals surface area contributed by atoms with Crippen LogP contribution in [0.4, 0.5) is 13.2 Å². The molecule has 6 rings (SSSR count). The monoisotopic (exact) mass is 610 g/mol. The minimum atomic E-state index is -5.89. The fourth-order valence-corrected chi connectivity index (χ4v) is 6.88. The van der Waals surface area contributed by atoms with E-state index >= 15 is 0 Å². The summed E-state index contributed by atoms with van der Waals surface area (Å²) in [5.74, 6) is 2.19. The molecule has 3 aliphatic carbocycles. The normalized spacial score (nSPS) is 18.0. The van der Waals surface area contributed by atoms with Gasteiger partial charge in [0.2, 0.25) is 0 Å². The first kappa shape index (κ1) is 30.4. The van der Waals surface area contributed by atoms with Crippen LogP contribution in [0.3, 0.4) is 0 Å². The van der Waals surface area contributed by atoms with Crippen molar-refractivity contribution in [3.8, 4) is 17.2 Å². The summed E-state index contributed by atoms with van der Waals surface area (Å²) >= 11 is 0. The molecule has 0 fully saturated rings. The fraction of sp³-hybridized carbons (Fsp3) is 0.412. The lowest BCUT2D eigenvalue weighted by Gasteiger charge is -2.44. The Kier molecular flexibility index (Phi) is 6.88. The van der Waals surface area contributed by atoms with E-state index in [4.69, 9.17) is 4.18 Å². The molecular weight excluding hydrogens is 574 g/mol. The number of alkyl halides is 3. The van der Waals surface area contributed by atoms with Gasteiger partial charge in [0.15, 0.2) is 0 Å². The van der Waals surface area contributed by atoms with Gasteiger partial charge in [-0.25, -0.2) is 0 Å². The van der Waals surface area contributed by atoms with Crippen LogP contribution in [0.2, 0.25) is 19.6 Å². The van der Waals surface area contributed by atoms with E-state index in [9.17, 15) is 21.6 Å². The van der Waals surface area contributed by atoms with Crippen molar-refractivity contribution in [2.45, 2.75) is 89.4 Å². The maximum Gasteiger partial charge on any atom is 0.534 e. The summed E-state index contributed by atoms with van der Waals surface area (Å²) < 4.78 is 70.2. The van der Waals surface area contributed by atoms with E-state index in [1.165, 1.54) is 6.07 Å². The van der Waals surface area contributed by atoms with Crippen LogP contribution in [0.1, 0.15) is 103 Å². The van der Waals surface area contributed by atoms with Crippen molar-refractivity contribution in [2.24, 2.45) is 0 Å². The molecule has 0 amide bonds. The van der Waals surface area contributed by atoms with Gasteiger partial charge in [-0.15, -0.1) is 5.54 Å². The van der Waals surface area contributed by atoms with Crippen molar-refractivity contribution in [2.75, 3.05) is 0 Å².